The molecule has 0 fully saturated rings. The van der Waals surface area contributed by atoms with Crippen LogP contribution in [0.1, 0.15) is 32.9 Å². The Morgan fingerprint density at radius 3 is 2.75 bits per heavy atom. The molecular weight excluding hydrogens is 500 g/mol. The van der Waals surface area contributed by atoms with Crippen LogP contribution in [0.25, 0.3) is 22.3 Å². The first-order valence-corrected chi connectivity index (χ1v) is 11.0. The molecule has 4 heterocycles. The number of aromatic amines is 2. The summed E-state index contributed by atoms with van der Waals surface area (Å²) in [7, 11) is 1.78. The molecule has 0 unspecified atom stereocenters. The van der Waals surface area contributed by atoms with Gasteiger partial charge in [-0.3, -0.25) is 14.7 Å². The predicted molar refractivity (Wildman–Crippen MR) is 122 cm³/mol. The first-order chi connectivity index (χ1) is 15.3. The van der Waals surface area contributed by atoms with Crippen LogP contribution in [0.5, 0.6) is 0 Å². The van der Waals surface area contributed by atoms with E-state index in [9.17, 15) is 9.59 Å². The molecule has 4 aromatic rings. The number of benzene rings is 1. The molecule has 1 amide bonds. The maximum Gasteiger partial charge on any atom is 0.256 e. The van der Waals surface area contributed by atoms with Gasteiger partial charge in [0.2, 0.25) is 0 Å². The molecule has 0 bridgehead atoms. The molecule has 10 nitrogen and oxygen atoms in total. The number of nitrogens with one attached hydrogen (secondary N) is 2. The van der Waals surface area contributed by atoms with E-state index in [0.717, 1.165) is 15.7 Å². The van der Waals surface area contributed by atoms with Gasteiger partial charge in [-0.25, -0.2) is 4.68 Å². The normalized spacial score (nSPS) is 13.8. The largest absolute Gasteiger partial charge is 0.334 e. The average molecular weight is 518 g/mol. The van der Waals surface area contributed by atoms with E-state index < -0.39 is 0 Å². The Bertz CT molecular complexity index is 1450. The Balaban J connectivity index is 1.60. The topological polar surface area (TPSA) is 125 Å². The second-order valence-electron chi connectivity index (χ2n) is 7.79. The minimum atomic E-state index is -0.292. The summed E-state index contributed by atoms with van der Waals surface area (Å²) in [6.07, 6.45) is 0.593. The van der Waals surface area contributed by atoms with Crippen molar-refractivity contribution < 1.29 is 4.79 Å². The van der Waals surface area contributed by atoms with Crippen LogP contribution in [0.3, 0.4) is 0 Å². The van der Waals surface area contributed by atoms with Gasteiger partial charge in [0.1, 0.15) is 11.0 Å². The van der Waals surface area contributed by atoms with Gasteiger partial charge in [0.25, 0.3) is 11.5 Å². The summed E-state index contributed by atoms with van der Waals surface area (Å²) < 4.78 is 2.43. The van der Waals surface area contributed by atoms with Crippen LogP contribution < -0.4 is 5.56 Å². The lowest BCUT2D eigenvalue weighted by Crippen LogP contribution is -2.39. The minimum Gasteiger partial charge on any atom is -0.334 e. The summed E-state index contributed by atoms with van der Waals surface area (Å²) in [5.41, 5.74) is 5.22. The number of carbonyl (C=O) groups excluding carboxylic acids is 1. The Kier molecular flexibility index (Phi) is 4.90. The molecule has 32 heavy (non-hydrogen) atoms. The zero-order valence-electron chi connectivity index (χ0n) is 17.5. The maximum atomic E-state index is 13.6. The number of fused-ring (bicyclic) bond motifs is 2. The third-order valence-corrected chi connectivity index (χ3v) is 6.93. The van der Waals surface area contributed by atoms with Gasteiger partial charge in [0.15, 0.2) is 0 Å². The second-order valence-corrected chi connectivity index (χ2v) is 9.02. The number of aromatic nitrogens is 7. The molecular formula is C20H18BrClN8O2. The molecule has 0 saturated carbocycles. The van der Waals surface area contributed by atoms with E-state index in [1.165, 1.54) is 0 Å². The molecule has 0 spiro atoms. The van der Waals surface area contributed by atoms with Crippen molar-refractivity contribution in [2.45, 2.75) is 26.8 Å². The maximum absolute atomic E-state index is 13.6. The highest BCUT2D eigenvalue weighted by atomic mass is 79.9. The van der Waals surface area contributed by atoms with Crippen molar-refractivity contribution in [1.82, 2.24) is 40.3 Å². The number of halogens is 2. The van der Waals surface area contributed by atoms with Crippen molar-refractivity contribution in [3.8, 4) is 11.3 Å². The summed E-state index contributed by atoms with van der Waals surface area (Å²) in [5, 5.41) is 19.2. The Morgan fingerprint density at radius 2 is 2.03 bits per heavy atom. The number of rotatable bonds is 3. The molecule has 0 aliphatic carbocycles. The van der Waals surface area contributed by atoms with E-state index in [2.05, 4.69) is 46.6 Å². The standard InChI is InChI=1S/C20H18BrClN8O2/c1-8-16-17(26-27-25-16)12(19(31)23-8)7-30-5-4-10-13(21)6-11(15(22)14(10)20(30)32)18-9(2)24-28-29(18)3/h6H,4-5,7H2,1-3H3,(H,23,31)(H,25,26,27). The summed E-state index contributed by atoms with van der Waals surface area (Å²) in [4.78, 5) is 30.6. The van der Waals surface area contributed by atoms with Gasteiger partial charge >= 0.3 is 0 Å². The zero-order valence-corrected chi connectivity index (χ0v) is 19.8. The summed E-state index contributed by atoms with van der Waals surface area (Å²) in [5.74, 6) is -0.247. The molecule has 3 aromatic heterocycles. The Hall–Kier alpha value is -3.05. The smallest absolute Gasteiger partial charge is 0.256 e. The van der Waals surface area contributed by atoms with E-state index in [4.69, 9.17) is 11.6 Å². The molecule has 5 rings (SSSR count). The van der Waals surface area contributed by atoms with Crippen LogP contribution in [-0.4, -0.2) is 52.7 Å². The van der Waals surface area contributed by atoms with Crippen molar-refractivity contribution in [2.24, 2.45) is 7.05 Å². The number of hydrogen-bond acceptors (Lipinski definition) is 6. The van der Waals surface area contributed by atoms with Crippen molar-refractivity contribution in [3.05, 3.63) is 54.0 Å². The highest BCUT2D eigenvalue weighted by molar-refractivity contribution is 9.10. The number of hydrogen-bond donors (Lipinski definition) is 2. The number of nitrogens with zero attached hydrogens (tertiary/aromatic N) is 6. The fourth-order valence-electron chi connectivity index (χ4n) is 4.24. The van der Waals surface area contributed by atoms with Gasteiger partial charge in [-0.05, 0) is 31.9 Å². The number of pyridine rings is 1. The van der Waals surface area contributed by atoms with Gasteiger partial charge in [0, 0.05) is 29.3 Å². The van der Waals surface area contributed by atoms with Gasteiger partial charge in [-0.2, -0.15) is 0 Å². The lowest BCUT2D eigenvalue weighted by Gasteiger charge is -2.30. The first-order valence-electron chi connectivity index (χ1n) is 9.87. The molecule has 2 N–H and O–H groups in total. The third-order valence-electron chi connectivity index (χ3n) is 5.83. The van der Waals surface area contributed by atoms with E-state index in [0.29, 0.717) is 57.1 Å². The summed E-state index contributed by atoms with van der Waals surface area (Å²) in [6, 6.07) is 1.90. The molecule has 1 aromatic carbocycles. The lowest BCUT2D eigenvalue weighted by atomic mass is 9.94. The monoisotopic (exact) mass is 516 g/mol. The quantitative estimate of drug-likeness (QED) is 0.430. The van der Waals surface area contributed by atoms with Crippen LogP contribution >= 0.6 is 27.5 Å². The Morgan fingerprint density at radius 1 is 1.25 bits per heavy atom. The molecule has 0 saturated heterocycles. The summed E-state index contributed by atoms with van der Waals surface area (Å²) in [6.45, 7) is 4.15. The van der Waals surface area contributed by atoms with Crippen LogP contribution in [0.2, 0.25) is 5.02 Å². The first kappa shape index (κ1) is 20.8. The lowest BCUT2D eigenvalue weighted by molar-refractivity contribution is 0.0727. The van der Waals surface area contributed by atoms with E-state index in [-0.39, 0.29) is 18.0 Å². The molecule has 1 aliphatic rings. The fourth-order valence-corrected chi connectivity index (χ4v) is 5.21. The van der Waals surface area contributed by atoms with E-state index in [1.807, 2.05) is 13.0 Å². The van der Waals surface area contributed by atoms with Gasteiger partial charge in [-0.15, -0.1) is 10.2 Å². The molecule has 12 heteroatoms. The SMILES string of the molecule is Cc1nnn(C)c1-c1cc(Br)c2c(c1Cl)C(=O)N(Cc1c(=O)[nH]c(C)c3[nH]nnc13)CC2. The van der Waals surface area contributed by atoms with Crippen molar-refractivity contribution in [2.75, 3.05) is 6.54 Å². The number of carbonyl (C=O) groups is 1. The van der Waals surface area contributed by atoms with Crippen molar-refractivity contribution in [3.63, 3.8) is 0 Å². The van der Waals surface area contributed by atoms with E-state index >= 15 is 0 Å². The molecule has 164 valence electrons. The molecule has 1 aliphatic heterocycles. The predicted octanol–water partition coefficient (Wildman–Crippen LogP) is 2.67. The summed E-state index contributed by atoms with van der Waals surface area (Å²) >= 11 is 10.4. The van der Waals surface area contributed by atoms with Crippen molar-refractivity contribution in [1.29, 1.82) is 0 Å². The van der Waals surface area contributed by atoms with Gasteiger partial charge in [0.05, 0.1) is 34.1 Å². The zero-order chi connectivity index (χ0) is 22.7. The average Bonchev–Trinajstić information content (AvgIpc) is 3.36. The Labute approximate surface area is 195 Å². The highest BCUT2D eigenvalue weighted by Gasteiger charge is 2.32. The number of H-pyrrole nitrogens is 2. The third kappa shape index (κ3) is 3.06. The van der Waals surface area contributed by atoms with Crippen molar-refractivity contribution >= 4 is 44.5 Å². The molecule has 0 radical (unpaired) electrons. The highest BCUT2D eigenvalue weighted by Crippen LogP contribution is 2.40. The number of aryl methyl sites for hydroxylation is 3. The van der Waals surface area contributed by atoms with Crippen LogP contribution in [-0.2, 0) is 20.0 Å². The van der Waals surface area contributed by atoms with Crippen LogP contribution in [0, 0.1) is 13.8 Å². The van der Waals surface area contributed by atoms with Crippen LogP contribution in [0.15, 0.2) is 15.3 Å². The van der Waals surface area contributed by atoms with Gasteiger partial charge in [-0.1, -0.05) is 38.0 Å². The van der Waals surface area contributed by atoms with Gasteiger partial charge < -0.3 is 9.88 Å². The molecule has 0 atom stereocenters. The van der Waals surface area contributed by atoms with E-state index in [1.54, 1.807) is 23.6 Å². The fraction of sp³-hybridized carbons (Fsp3) is 0.300. The van der Waals surface area contributed by atoms with Crippen LogP contribution in [0.4, 0.5) is 0 Å². The second kappa shape index (κ2) is 7.52. The minimum absolute atomic E-state index is 0.0986. The number of amides is 1.